The minimum Gasteiger partial charge on any atom is -0.497 e. The van der Waals surface area contributed by atoms with Gasteiger partial charge in [0.25, 0.3) is 14.1 Å². The molecule has 0 saturated carbocycles. The Kier molecular flexibility index (Phi) is 12.4. The number of fused-ring (bicyclic) bond motifs is 1. The Morgan fingerprint density at radius 2 is 1.69 bits per heavy atom. The van der Waals surface area contributed by atoms with Crippen molar-refractivity contribution in [2.75, 3.05) is 32.6 Å². The Morgan fingerprint density at radius 1 is 1.04 bits per heavy atom. The number of anilines is 1. The van der Waals surface area contributed by atoms with Crippen LogP contribution in [0.5, 0.6) is 5.75 Å². The molecule has 13 nitrogen and oxygen atoms in total. The summed E-state index contributed by atoms with van der Waals surface area (Å²) in [6.45, 7) is 18.3. The van der Waals surface area contributed by atoms with Crippen molar-refractivity contribution in [3.05, 3.63) is 129 Å². The number of nitrogens with two attached hydrogens (primary N) is 1. The van der Waals surface area contributed by atoms with Gasteiger partial charge in [-0.15, -0.1) is 0 Å². The van der Waals surface area contributed by atoms with Gasteiger partial charge >= 0.3 is 0 Å². The van der Waals surface area contributed by atoms with Crippen molar-refractivity contribution in [1.82, 2.24) is 24.2 Å². The van der Waals surface area contributed by atoms with Gasteiger partial charge in [0.1, 0.15) is 30.3 Å². The molecule has 1 aliphatic rings. The SMILES string of the molecule is [C-]#[N+]CCOP(OC1CC(n2cnc3c(=O)[nH]c(N)nc32)OC1COC(c1ccccc1)(c1ccc(C)cc1)c1ccc(OC)cc1)N(C(C)C)C(C)C. The van der Waals surface area contributed by atoms with Gasteiger partial charge in [0.15, 0.2) is 11.2 Å². The fraction of sp³-hybridized carbons (Fsp3) is 0.400. The summed E-state index contributed by atoms with van der Waals surface area (Å²) < 4.78 is 36.9. The van der Waals surface area contributed by atoms with Crippen molar-refractivity contribution in [2.24, 2.45) is 0 Å². The second kappa shape index (κ2) is 17.2. The third-order valence-corrected chi connectivity index (χ3v) is 11.6. The van der Waals surface area contributed by atoms with E-state index in [2.05, 4.69) is 95.5 Å². The minimum absolute atomic E-state index is 0.0219. The van der Waals surface area contributed by atoms with Crippen LogP contribution in [0.1, 0.15) is 62.6 Å². The normalized spacial score (nSPS) is 19.0. The lowest BCUT2D eigenvalue weighted by Crippen LogP contribution is -2.39. The molecule has 54 heavy (non-hydrogen) atoms. The van der Waals surface area contributed by atoms with Crippen LogP contribution < -0.4 is 16.0 Å². The highest BCUT2D eigenvalue weighted by molar-refractivity contribution is 7.44. The lowest BCUT2D eigenvalue weighted by Gasteiger charge is -2.39. The zero-order valence-electron chi connectivity index (χ0n) is 31.5. The van der Waals surface area contributed by atoms with Gasteiger partial charge in [-0.1, -0.05) is 72.3 Å². The fourth-order valence-corrected chi connectivity index (χ4v) is 8.68. The molecule has 284 valence electrons. The summed E-state index contributed by atoms with van der Waals surface area (Å²) in [6.07, 6.45) is 0.135. The van der Waals surface area contributed by atoms with Gasteiger partial charge < -0.3 is 33.8 Å². The minimum atomic E-state index is -1.63. The molecular formula is C40H48N7O6P. The second-order valence-corrected chi connectivity index (χ2v) is 15.2. The van der Waals surface area contributed by atoms with Crippen LogP contribution in [0.2, 0.25) is 0 Å². The maximum Gasteiger partial charge on any atom is 0.280 e. The van der Waals surface area contributed by atoms with E-state index in [1.807, 2.05) is 42.5 Å². The first-order valence-electron chi connectivity index (χ1n) is 18.1. The lowest BCUT2D eigenvalue weighted by molar-refractivity contribution is -0.0911. The highest BCUT2D eigenvalue weighted by Gasteiger charge is 2.45. The molecule has 0 spiro atoms. The average Bonchev–Trinajstić information content (AvgIpc) is 3.77. The first-order valence-corrected chi connectivity index (χ1v) is 19.2. The Labute approximate surface area is 317 Å². The van der Waals surface area contributed by atoms with E-state index in [1.165, 1.54) is 0 Å². The van der Waals surface area contributed by atoms with Crippen LogP contribution in [0, 0.1) is 13.5 Å². The molecule has 5 unspecified atom stereocenters. The number of aromatic nitrogens is 4. The zero-order valence-corrected chi connectivity index (χ0v) is 32.4. The topological polar surface area (TPSA) is 143 Å². The summed E-state index contributed by atoms with van der Waals surface area (Å²) in [4.78, 5) is 27.5. The molecule has 0 amide bonds. The van der Waals surface area contributed by atoms with Crippen LogP contribution in [0.25, 0.3) is 16.0 Å². The van der Waals surface area contributed by atoms with E-state index in [0.29, 0.717) is 12.1 Å². The number of methoxy groups -OCH3 is 1. The fourth-order valence-electron chi connectivity index (χ4n) is 6.94. The number of imidazole rings is 1. The van der Waals surface area contributed by atoms with Gasteiger partial charge in [-0.25, -0.2) is 16.2 Å². The predicted octanol–water partition coefficient (Wildman–Crippen LogP) is 6.98. The predicted molar refractivity (Wildman–Crippen MR) is 209 cm³/mol. The van der Waals surface area contributed by atoms with Gasteiger partial charge in [0.05, 0.1) is 26.1 Å². The summed E-state index contributed by atoms with van der Waals surface area (Å²) in [5, 5.41) is 0. The number of H-pyrrole nitrogens is 1. The third-order valence-electron chi connectivity index (χ3n) is 9.42. The van der Waals surface area contributed by atoms with E-state index < -0.39 is 38.1 Å². The largest absolute Gasteiger partial charge is 0.497 e. The van der Waals surface area contributed by atoms with Gasteiger partial charge in [0, 0.05) is 18.5 Å². The van der Waals surface area contributed by atoms with Crippen molar-refractivity contribution in [1.29, 1.82) is 0 Å². The van der Waals surface area contributed by atoms with Crippen LogP contribution >= 0.6 is 8.53 Å². The summed E-state index contributed by atoms with van der Waals surface area (Å²) in [6, 6.07) is 26.6. The summed E-state index contributed by atoms with van der Waals surface area (Å²) in [5.74, 6) is 0.707. The number of ether oxygens (including phenoxy) is 3. The molecule has 3 N–H and O–H groups in total. The molecule has 0 bridgehead atoms. The van der Waals surface area contributed by atoms with Gasteiger partial charge in [-0.05, 0) is 63.4 Å². The standard InChI is InChI=1S/C40H48N7O6P/c1-26(2)47(27(3)4)54(51-22-21-42-6)53-33-23-35(46-25-43-36-37(46)44-39(41)45-38(36)48)52-34(33)24-50-40(29-11-9-8-10-12-29,30-15-13-28(5)14-16-30)31-17-19-32(49-7)20-18-31/h8-20,25-27,33-35H,21-24H2,1-5,7H3,(H3,41,44,45,48). The van der Waals surface area contributed by atoms with Crippen molar-refractivity contribution < 1.29 is 23.3 Å². The van der Waals surface area contributed by atoms with Crippen LogP contribution in [0.4, 0.5) is 5.95 Å². The number of hydrogen-bond acceptors (Lipinski definition) is 10. The molecule has 3 heterocycles. The molecule has 14 heteroatoms. The van der Waals surface area contributed by atoms with Crippen LogP contribution in [0.3, 0.4) is 0 Å². The molecule has 6 rings (SSSR count). The summed E-state index contributed by atoms with van der Waals surface area (Å²) >= 11 is 0. The first kappa shape index (κ1) is 39.0. The Hall–Kier alpha value is -4.67. The smallest absolute Gasteiger partial charge is 0.280 e. The molecular weight excluding hydrogens is 705 g/mol. The van der Waals surface area contributed by atoms with Crippen molar-refractivity contribution in [2.45, 2.75) is 77.2 Å². The Bertz CT molecular complexity index is 2080. The van der Waals surface area contributed by atoms with E-state index in [9.17, 15) is 4.79 Å². The average molecular weight is 754 g/mol. The molecule has 1 aliphatic heterocycles. The maximum atomic E-state index is 12.7. The van der Waals surface area contributed by atoms with E-state index in [0.717, 1.165) is 28.0 Å². The lowest BCUT2D eigenvalue weighted by atomic mass is 9.79. The number of nitrogen functional groups attached to an aromatic ring is 1. The van der Waals surface area contributed by atoms with Crippen molar-refractivity contribution in [3.8, 4) is 5.75 Å². The quantitative estimate of drug-likeness (QED) is 0.0469. The number of nitrogens with one attached hydrogen (secondary N) is 1. The molecule has 0 radical (unpaired) electrons. The highest BCUT2D eigenvalue weighted by Crippen LogP contribution is 2.50. The van der Waals surface area contributed by atoms with E-state index >= 15 is 0 Å². The van der Waals surface area contributed by atoms with Gasteiger partial charge in [-0.3, -0.25) is 14.3 Å². The monoisotopic (exact) mass is 753 g/mol. The molecule has 3 aromatic carbocycles. The molecule has 5 aromatic rings. The van der Waals surface area contributed by atoms with Crippen LogP contribution in [-0.4, -0.2) is 75.3 Å². The Balaban J connectivity index is 1.43. The second-order valence-electron chi connectivity index (χ2n) is 13.8. The highest BCUT2D eigenvalue weighted by atomic mass is 31.2. The van der Waals surface area contributed by atoms with Crippen LogP contribution in [-0.2, 0) is 24.1 Å². The summed E-state index contributed by atoms with van der Waals surface area (Å²) in [5.41, 5.74) is 8.83. The number of benzene rings is 3. The number of hydrogen-bond donors (Lipinski definition) is 2. The zero-order chi connectivity index (χ0) is 38.4. The number of aryl methyl sites for hydroxylation is 1. The maximum absolute atomic E-state index is 12.7. The summed E-state index contributed by atoms with van der Waals surface area (Å²) in [7, 11) is 0.0179. The van der Waals surface area contributed by atoms with E-state index in [-0.39, 0.29) is 43.3 Å². The van der Waals surface area contributed by atoms with Crippen molar-refractivity contribution in [3.63, 3.8) is 0 Å². The van der Waals surface area contributed by atoms with E-state index in [4.69, 9.17) is 35.6 Å². The van der Waals surface area contributed by atoms with E-state index in [1.54, 1.807) is 18.0 Å². The molecule has 2 aromatic heterocycles. The van der Waals surface area contributed by atoms with Crippen molar-refractivity contribution >= 4 is 25.6 Å². The number of aromatic amines is 1. The Morgan fingerprint density at radius 3 is 2.31 bits per heavy atom. The number of rotatable bonds is 16. The number of nitrogens with zero attached hydrogens (tertiary/aromatic N) is 5. The molecule has 0 aliphatic carbocycles. The molecule has 5 atom stereocenters. The van der Waals surface area contributed by atoms with Gasteiger partial charge in [-0.2, -0.15) is 4.98 Å². The van der Waals surface area contributed by atoms with Gasteiger partial charge in [0.2, 0.25) is 12.5 Å². The van der Waals surface area contributed by atoms with Crippen LogP contribution in [0.15, 0.2) is 90.0 Å². The third kappa shape index (κ3) is 8.20. The first-order chi connectivity index (χ1) is 26.0. The molecule has 1 fully saturated rings. The molecule has 1 saturated heterocycles.